The van der Waals surface area contributed by atoms with E-state index in [1.807, 2.05) is 0 Å². The van der Waals surface area contributed by atoms with E-state index in [-0.39, 0.29) is 42.5 Å². The number of sulfone groups is 2. The number of nitrogens with zero attached hydrogens (tertiary/aromatic N) is 1. The lowest BCUT2D eigenvalue weighted by molar-refractivity contribution is -0.137. The molecule has 1 saturated heterocycles. The number of H-pyrrole nitrogens is 1. The summed E-state index contributed by atoms with van der Waals surface area (Å²) < 4.78 is 99.6. The molecule has 1 aliphatic heterocycles. The molecule has 3 rings (SSSR count). The van der Waals surface area contributed by atoms with Crippen LogP contribution in [0.1, 0.15) is 30.2 Å². The van der Waals surface area contributed by atoms with Gasteiger partial charge < -0.3 is 9.47 Å². The van der Waals surface area contributed by atoms with Crippen molar-refractivity contribution in [3.05, 3.63) is 41.6 Å². The topological polar surface area (TPSA) is 115 Å². The third kappa shape index (κ3) is 5.27. The molecule has 31 heavy (non-hydrogen) atoms. The number of benzene rings is 1. The molecule has 1 aromatic carbocycles. The van der Waals surface area contributed by atoms with E-state index in [4.69, 9.17) is 9.47 Å². The average molecular weight is 483 g/mol. The van der Waals surface area contributed by atoms with E-state index in [9.17, 15) is 30.0 Å². The van der Waals surface area contributed by atoms with Crippen LogP contribution in [0.25, 0.3) is 0 Å². The summed E-state index contributed by atoms with van der Waals surface area (Å²) in [6, 6.07) is 4.89. The van der Waals surface area contributed by atoms with Gasteiger partial charge in [-0.2, -0.15) is 18.3 Å². The fourth-order valence-electron chi connectivity index (χ4n) is 3.25. The lowest BCUT2D eigenvalue weighted by atomic mass is 10.1. The summed E-state index contributed by atoms with van der Waals surface area (Å²) in [7, 11) is -6.39. The van der Waals surface area contributed by atoms with Gasteiger partial charge in [0.2, 0.25) is 0 Å². The Morgan fingerprint density at radius 1 is 1.23 bits per heavy atom. The van der Waals surface area contributed by atoms with Crippen molar-refractivity contribution in [2.75, 3.05) is 26.1 Å². The van der Waals surface area contributed by atoms with Crippen LogP contribution in [-0.2, 0) is 35.3 Å². The number of hydrogen-bond donors (Lipinski definition) is 1. The quantitative estimate of drug-likeness (QED) is 0.645. The number of aromatic amines is 1. The highest BCUT2D eigenvalue weighted by molar-refractivity contribution is 7.92. The summed E-state index contributed by atoms with van der Waals surface area (Å²) in [6.45, 7) is 0.0278. The SMILES string of the molecule is COCCS(=O)(=O)c1cc(C2CC(S(=O)(=O)c3cccc(C(F)(F)F)c3)CCO2)[nH]n1. The first-order valence-electron chi connectivity index (χ1n) is 9.25. The summed E-state index contributed by atoms with van der Waals surface area (Å²) in [5, 5.41) is 5.13. The van der Waals surface area contributed by atoms with Crippen molar-refractivity contribution in [2.24, 2.45) is 0 Å². The molecule has 8 nitrogen and oxygen atoms in total. The Morgan fingerprint density at radius 3 is 2.65 bits per heavy atom. The lowest BCUT2D eigenvalue weighted by Crippen LogP contribution is -2.31. The third-order valence-corrected chi connectivity index (χ3v) is 8.73. The number of hydrogen-bond acceptors (Lipinski definition) is 7. The van der Waals surface area contributed by atoms with Crippen LogP contribution in [-0.4, -0.2) is 58.4 Å². The van der Waals surface area contributed by atoms with E-state index in [2.05, 4.69) is 10.2 Å². The number of aromatic nitrogens is 2. The van der Waals surface area contributed by atoms with Crippen LogP contribution in [0.3, 0.4) is 0 Å². The average Bonchev–Trinajstić information content (AvgIpc) is 3.23. The van der Waals surface area contributed by atoms with Crippen molar-refractivity contribution in [2.45, 2.75) is 40.3 Å². The summed E-state index contributed by atoms with van der Waals surface area (Å²) in [4.78, 5) is -0.416. The Labute approximate surface area is 177 Å². The van der Waals surface area contributed by atoms with Crippen LogP contribution in [0, 0.1) is 0 Å². The van der Waals surface area contributed by atoms with E-state index < -0.39 is 47.7 Å². The fourth-order valence-corrected chi connectivity index (χ4v) is 6.11. The van der Waals surface area contributed by atoms with E-state index in [0.29, 0.717) is 6.07 Å². The number of halogens is 3. The second-order valence-electron chi connectivity index (χ2n) is 7.05. The molecule has 2 unspecified atom stereocenters. The molecule has 0 amide bonds. The van der Waals surface area contributed by atoms with E-state index in [0.717, 1.165) is 18.2 Å². The predicted molar refractivity (Wildman–Crippen MR) is 103 cm³/mol. The van der Waals surface area contributed by atoms with Gasteiger partial charge in [0, 0.05) is 19.8 Å². The van der Waals surface area contributed by atoms with Crippen molar-refractivity contribution in [1.82, 2.24) is 10.2 Å². The zero-order valence-electron chi connectivity index (χ0n) is 16.4. The molecule has 0 spiro atoms. The minimum atomic E-state index is -4.66. The standard InChI is InChI=1S/C18H21F3N2O6S2/c1-28-7-8-30(24,25)17-11-15(22-23-17)16-10-14(5-6-29-16)31(26,27)13-4-2-3-12(9-13)18(19,20)21/h2-4,9,11,14,16H,5-8,10H2,1H3,(H,22,23). The number of nitrogens with one attached hydrogen (secondary N) is 1. The molecule has 0 aliphatic carbocycles. The van der Waals surface area contributed by atoms with Crippen molar-refractivity contribution in [3.63, 3.8) is 0 Å². The van der Waals surface area contributed by atoms with E-state index in [1.165, 1.54) is 13.2 Å². The highest BCUT2D eigenvalue weighted by atomic mass is 32.2. The van der Waals surface area contributed by atoms with Crippen molar-refractivity contribution in [1.29, 1.82) is 0 Å². The summed E-state index contributed by atoms with van der Waals surface area (Å²) in [6.07, 6.45) is -5.41. The molecule has 1 aliphatic rings. The Hall–Kier alpha value is -1.96. The van der Waals surface area contributed by atoms with Crippen LogP contribution >= 0.6 is 0 Å². The maximum absolute atomic E-state index is 13.0. The van der Waals surface area contributed by atoms with Gasteiger partial charge in [0.05, 0.1) is 33.8 Å². The molecule has 1 N–H and O–H groups in total. The van der Waals surface area contributed by atoms with Gasteiger partial charge >= 0.3 is 6.18 Å². The van der Waals surface area contributed by atoms with E-state index in [1.54, 1.807) is 0 Å². The van der Waals surface area contributed by atoms with Crippen LogP contribution in [0.5, 0.6) is 0 Å². The highest BCUT2D eigenvalue weighted by Crippen LogP contribution is 2.36. The van der Waals surface area contributed by atoms with Crippen LogP contribution in [0.4, 0.5) is 13.2 Å². The van der Waals surface area contributed by atoms with Gasteiger partial charge in [-0.1, -0.05) is 6.07 Å². The number of alkyl halides is 3. The molecular formula is C18H21F3N2O6S2. The van der Waals surface area contributed by atoms with Crippen LogP contribution < -0.4 is 0 Å². The summed E-state index contributed by atoms with van der Waals surface area (Å²) in [5.74, 6) is -0.272. The largest absolute Gasteiger partial charge is 0.416 e. The van der Waals surface area contributed by atoms with Crippen molar-refractivity contribution in [3.8, 4) is 0 Å². The molecule has 0 radical (unpaired) electrons. The smallest absolute Gasteiger partial charge is 0.384 e. The summed E-state index contributed by atoms with van der Waals surface area (Å²) >= 11 is 0. The fraction of sp³-hybridized carbons (Fsp3) is 0.500. The first kappa shape index (κ1) is 23.7. The van der Waals surface area contributed by atoms with Crippen molar-refractivity contribution >= 4 is 19.7 Å². The monoisotopic (exact) mass is 482 g/mol. The normalized spacial score (nSPS) is 20.6. The molecule has 1 aromatic heterocycles. The molecule has 1 fully saturated rings. The number of methoxy groups -OCH3 is 1. The zero-order valence-corrected chi connectivity index (χ0v) is 18.1. The Morgan fingerprint density at radius 2 is 1.97 bits per heavy atom. The van der Waals surface area contributed by atoms with Crippen LogP contribution in [0.2, 0.25) is 0 Å². The van der Waals surface area contributed by atoms with Gasteiger partial charge in [0.15, 0.2) is 24.7 Å². The maximum Gasteiger partial charge on any atom is 0.416 e. The van der Waals surface area contributed by atoms with Crippen LogP contribution in [0.15, 0.2) is 40.3 Å². The Bertz CT molecular complexity index is 1130. The predicted octanol–water partition coefficient (Wildman–Crippen LogP) is 2.54. The second-order valence-corrected chi connectivity index (χ2v) is 11.3. The maximum atomic E-state index is 13.0. The zero-order chi connectivity index (χ0) is 22.9. The molecule has 2 heterocycles. The second kappa shape index (κ2) is 8.88. The molecule has 2 aromatic rings. The summed E-state index contributed by atoms with van der Waals surface area (Å²) in [5.41, 5.74) is -0.767. The highest BCUT2D eigenvalue weighted by Gasteiger charge is 2.37. The van der Waals surface area contributed by atoms with Gasteiger partial charge in [0.1, 0.15) is 6.10 Å². The molecule has 0 bridgehead atoms. The van der Waals surface area contributed by atoms with Crippen molar-refractivity contribution < 1.29 is 39.5 Å². The van der Waals surface area contributed by atoms with Gasteiger partial charge in [0.25, 0.3) is 0 Å². The van der Waals surface area contributed by atoms with Gasteiger partial charge in [-0.3, -0.25) is 5.10 Å². The minimum absolute atomic E-state index is 0.0121. The molecule has 0 saturated carbocycles. The Balaban J connectivity index is 1.81. The van der Waals surface area contributed by atoms with Gasteiger partial charge in [-0.25, -0.2) is 16.8 Å². The third-order valence-electron chi connectivity index (χ3n) is 4.96. The molecule has 172 valence electrons. The van der Waals surface area contributed by atoms with Gasteiger partial charge in [-0.05, 0) is 31.0 Å². The molecule has 2 atom stereocenters. The number of rotatable bonds is 7. The first-order chi connectivity index (χ1) is 14.4. The first-order valence-corrected chi connectivity index (χ1v) is 12.4. The molecular weight excluding hydrogens is 461 g/mol. The Kier molecular flexibility index (Phi) is 6.79. The molecule has 13 heteroatoms. The number of ether oxygens (including phenoxy) is 2. The van der Waals surface area contributed by atoms with E-state index >= 15 is 0 Å². The van der Waals surface area contributed by atoms with Gasteiger partial charge in [-0.15, -0.1) is 0 Å². The lowest BCUT2D eigenvalue weighted by Gasteiger charge is -2.28. The minimum Gasteiger partial charge on any atom is -0.384 e.